The van der Waals surface area contributed by atoms with Crippen molar-refractivity contribution in [1.29, 1.82) is 0 Å². The topological polar surface area (TPSA) is 17.1 Å². The lowest BCUT2D eigenvalue weighted by Crippen LogP contribution is -2.23. The Morgan fingerprint density at radius 3 is 1.54 bits per heavy atom. The summed E-state index contributed by atoms with van der Waals surface area (Å²) in [5, 5.41) is 0.617. The molecule has 2 rings (SSSR count). The predicted octanol–water partition coefficient (Wildman–Crippen LogP) is 6.50. The highest BCUT2D eigenvalue weighted by Crippen LogP contribution is 2.32. The Hall–Kier alpha value is -0.490. The molecule has 24 heavy (non-hydrogen) atoms. The van der Waals surface area contributed by atoms with Gasteiger partial charge in [0.05, 0.1) is 21.9 Å². The number of hydrogen-bond donors (Lipinski definition) is 0. The van der Waals surface area contributed by atoms with Crippen LogP contribution < -0.4 is 0 Å². The summed E-state index contributed by atoms with van der Waals surface area (Å²) >= 11 is 18.0. The van der Waals surface area contributed by atoms with E-state index < -0.39 is 23.5 Å². The maximum atomic E-state index is 13.7. The predicted molar refractivity (Wildman–Crippen MR) is 101 cm³/mol. The summed E-state index contributed by atoms with van der Waals surface area (Å²) in [7, 11) is 0. The Balaban J connectivity index is 2.37. The van der Waals surface area contributed by atoms with Crippen LogP contribution in [0, 0.1) is 11.6 Å². The number of Topliss-reactive ketones (excluding diaryl/α,β-unsaturated/α-hetero) is 1. The first-order valence-electron chi connectivity index (χ1n) is 6.94. The fourth-order valence-corrected chi connectivity index (χ4v) is 3.98. The summed E-state index contributed by atoms with van der Waals surface area (Å²) in [4.78, 5) is 12.9. The van der Waals surface area contributed by atoms with E-state index in [9.17, 15) is 13.6 Å². The summed E-state index contributed by atoms with van der Waals surface area (Å²) in [5.41, 5.74) is 1.03. The van der Waals surface area contributed by atoms with Gasteiger partial charge >= 0.3 is 0 Å². The highest BCUT2D eigenvalue weighted by Gasteiger charge is 2.29. The van der Waals surface area contributed by atoms with Crippen LogP contribution in [0.2, 0.25) is 10.0 Å². The van der Waals surface area contributed by atoms with Crippen LogP contribution in [0.15, 0.2) is 36.4 Å². The van der Waals surface area contributed by atoms with Gasteiger partial charge in [0, 0.05) is 10.7 Å². The molecule has 0 aliphatic carbocycles. The van der Waals surface area contributed by atoms with Gasteiger partial charge in [-0.25, -0.2) is 8.78 Å². The smallest absolute Gasteiger partial charge is 0.149 e. The van der Waals surface area contributed by atoms with E-state index in [0.717, 1.165) is 0 Å². The molecule has 2 unspecified atom stereocenters. The molecular weight excluding hydrogens is 489 g/mol. The summed E-state index contributed by atoms with van der Waals surface area (Å²) in [6.07, 6.45) is 0. The Morgan fingerprint density at radius 1 is 0.875 bits per heavy atom. The molecular formula is C17H12Br2Cl2F2O. The van der Waals surface area contributed by atoms with Crippen LogP contribution in [-0.2, 0) is 4.79 Å². The molecule has 0 saturated carbocycles. The summed E-state index contributed by atoms with van der Waals surface area (Å²) in [6, 6.07) is 8.56. The maximum Gasteiger partial charge on any atom is 0.149 e. The van der Waals surface area contributed by atoms with Crippen molar-refractivity contribution in [3.8, 4) is 0 Å². The molecule has 0 radical (unpaired) electrons. The first kappa shape index (κ1) is 19.8. The third-order valence-electron chi connectivity index (χ3n) is 3.69. The van der Waals surface area contributed by atoms with Gasteiger partial charge < -0.3 is 0 Å². The first-order chi connectivity index (χ1) is 11.4. The van der Waals surface area contributed by atoms with Crippen LogP contribution in [0.4, 0.5) is 8.78 Å². The van der Waals surface area contributed by atoms with Crippen molar-refractivity contribution in [1.82, 2.24) is 0 Å². The van der Waals surface area contributed by atoms with Crippen molar-refractivity contribution in [3.05, 3.63) is 69.2 Å². The second-order valence-electron chi connectivity index (χ2n) is 5.16. The first-order valence-corrected chi connectivity index (χ1v) is 9.94. The normalized spacial score (nSPS) is 13.6. The van der Waals surface area contributed by atoms with Crippen LogP contribution in [0.25, 0.3) is 0 Å². The number of hydrogen-bond acceptors (Lipinski definition) is 1. The van der Waals surface area contributed by atoms with E-state index in [0.29, 0.717) is 21.8 Å². The van der Waals surface area contributed by atoms with E-state index in [1.165, 1.54) is 24.3 Å². The number of rotatable bonds is 6. The Bertz CT molecular complexity index is 694. The lowest BCUT2D eigenvalue weighted by atomic mass is 9.85. The van der Waals surface area contributed by atoms with Crippen molar-refractivity contribution in [2.45, 2.75) is 11.8 Å². The molecule has 0 saturated heterocycles. The monoisotopic (exact) mass is 498 g/mol. The maximum absolute atomic E-state index is 13.7. The molecule has 2 aromatic rings. The van der Waals surface area contributed by atoms with Crippen molar-refractivity contribution >= 4 is 60.8 Å². The molecule has 0 aliphatic heterocycles. The highest BCUT2D eigenvalue weighted by molar-refractivity contribution is 9.09. The van der Waals surface area contributed by atoms with E-state index in [2.05, 4.69) is 31.9 Å². The average molecular weight is 501 g/mol. The third kappa shape index (κ3) is 4.37. The molecule has 0 N–H and O–H groups in total. The van der Waals surface area contributed by atoms with Gasteiger partial charge in [0.2, 0.25) is 0 Å². The van der Waals surface area contributed by atoms with Gasteiger partial charge in [-0.05, 0) is 35.4 Å². The van der Waals surface area contributed by atoms with Crippen LogP contribution >= 0.6 is 55.1 Å². The molecule has 7 heteroatoms. The molecule has 128 valence electrons. The molecule has 0 aromatic heterocycles. The number of halogens is 6. The van der Waals surface area contributed by atoms with Gasteiger partial charge in [-0.1, -0.05) is 67.2 Å². The molecule has 0 aliphatic rings. The lowest BCUT2D eigenvalue weighted by molar-refractivity contribution is -0.121. The zero-order chi connectivity index (χ0) is 17.9. The van der Waals surface area contributed by atoms with Crippen molar-refractivity contribution < 1.29 is 13.6 Å². The van der Waals surface area contributed by atoms with Gasteiger partial charge in [-0.2, -0.15) is 0 Å². The van der Waals surface area contributed by atoms with E-state index in [1.54, 1.807) is 12.1 Å². The zero-order valence-corrected chi connectivity index (χ0v) is 16.9. The van der Waals surface area contributed by atoms with Crippen molar-refractivity contribution in [3.63, 3.8) is 0 Å². The van der Waals surface area contributed by atoms with Gasteiger partial charge in [-0.15, -0.1) is 0 Å². The third-order valence-corrected chi connectivity index (χ3v) is 5.60. The molecule has 2 aromatic carbocycles. The minimum Gasteiger partial charge on any atom is -0.298 e. The fourth-order valence-electron chi connectivity index (χ4n) is 2.36. The van der Waals surface area contributed by atoms with Gasteiger partial charge in [0.15, 0.2) is 0 Å². The minimum absolute atomic E-state index is 0.00339. The van der Waals surface area contributed by atoms with Crippen LogP contribution in [-0.4, -0.2) is 16.4 Å². The summed E-state index contributed by atoms with van der Waals surface area (Å²) < 4.78 is 27.4. The summed E-state index contributed by atoms with van der Waals surface area (Å²) in [6.45, 7) is 0. The highest BCUT2D eigenvalue weighted by atomic mass is 79.9. The second kappa shape index (κ2) is 8.75. The largest absolute Gasteiger partial charge is 0.298 e. The molecule has 0 spiro atoms. The van der Waals surface area contributed by atoms with Crippen molar-refractivity contribution in [2.75, 3.05) is 10.7 Å². The fraction of sp³-hybridized carbons (Fsp3) is 0.235. The number of alkyl halides is 2. The van der Waals surface area contributed by atoms with Crippen LogP contribution in [0.1, 0.15) is 23.0 Å². The average Bonchev–Trinajstić information content (AvgIpc) is 2.55. The van der Waals surface area contributed by atoms with E-state index in [4.69, 9.17) is 23.2 Å². The van der Waals surface area contributed by atoms with Crippen LogP contribution in [0.5, 0.6) is 0 Å². The molecule has 2 atom stereocenters. The Labute approximate surface area is 165 Å². The molecule has 0 fully saturated rings. The minimum atomic E-state index is -0.585. The molecule has 0 heterocycles. The van der Waals surface area contributed by atoms with E-state index >= 15 is 0 Å². The Morgan fingerprint density at radius 2 is 1.25 bits per heavy atom. The van der Waals surface area contributed by atoms with Crippen molar-refractivity contribution in [2.24, 2.45) is 0 Å². The van der Waals surface area contributed by atoms with E-state index in [1.807, 2.05) is 0 Å². The number of ketones is 1. The van der Waals surface area contributed by atoms with Gasteiger partial charge in [0.1, 0.15) is 17.4 Å². The van der Waals surface area contributed by atoms with Gasteiger partial charge in [0.25, 0.3) is 0 Å². The quantitative estimate of drug-likeness (QED) is 0.414. The number of carbonyl (C=O) groups excluding carboxylic acids is 1. The van der Waals surface area contributed by atoms with Crippen LogP contribution in [0.3, 0.4) is 0 Å². The lowest BCUT2D eigenvalue weighted by Gasteiger charge is -2.21. The molecule has 1 nitrogen and oxygen atoms in total. The molecule has 0 bridgehead atoms. The second-order valence-corrected chi connectivity index (χ2v) is 7.27. The number of carbonyl (C=O) groups is 1. The Kier molecular flexibility index (Phi) is 7.23. The molecule has 0 amide bonds. The zero-order valence-electron chi connectivity index (χ0n) is 12.2. The van der Waals surface area contributed by atoms with Gasteiger partial charge in [-0.3, -0.25) is 4.79 Å². The number of benzene rings is 2. The standard InChI is InChI=1S/C17H12Br2Cl2F2O/c18-7-11(9-1-3-13(20)15(22)5-9)17(24)12(8-19)10-2-4-14(21)16(23)6-10/h1-6,11-12H,7-8H2. The summed E-state index contributed by atoms with van der Waals surface area (Å²) in [5.74, 6) is -2.50. The van der Waals surface area contributed by atoms with E-state index in [-0.39, 0.29) is 15.8 Å². The SMILES string of the molecule is O=C(C(CBr)c1ccc(Cl)c(F)c1)C(CBr)c1ccc(Cl)c(F)c1.